The molecule has 0 heterocycles. The summed E-state index contributed by atoms with van der Waals surface area (Å²) in [7, 11) is 3.82. The summed E-state index contributed by atoms with van der Waals surface area (Å²) in [5, 5.41) is 0.662. The molecule has 0 aromatic heterocycles. The maximum Gasteiger partial charge on any atom is 0.0558 e. The molecule has 0 radical (unpaired) electrons. The Balaban J connectivity index is 3.74. The lowest BCUT2D eigenvalue weighted by Gasteiger charge is -2.02. The molecule has 0 aromatic rings. The quantitative estimate of drug-likeness (QED) is 0.517. The SMILES string of the molecule is C=C/C(Cl)=C/N(C)C. The van der Waals surface area contributed by atoms with Gasteiger partial charge in [0.05, 0.1) is 5.03 Å². The second-order valence-corrected chi connectivity index (χ2v) is 2.12. The third-order valence-corrected chi connectivity index (χ3v) is 0.828. The fraction of sp³-hybridized carbons (Fsp3) is 0.333. The summed E-state index contributed by atoms with van der Waals surface area (Å²) >= 11 is 5.56. The van der Waals surface area contributed by atoms with Gasteiger partial charge in [-0.2, -0.15) is 0 Å². The zero-order chi connectivity index (χ0) is 6.57. The fourth-order valence-corrected chi connectivity index (χ4v) is 0.495. The summed E-state index contributed by atoms with van der Waals surface area (Å²) in [5.41, 5.74) is 0. The van der Waals surface area contributed by atoms with Crippen molar-refractivity contribution in [1.29, 1.82) is 0 Å². The van der Waals surface area contributed by atoms with Crippen molar-refractivity contribution in [2.45, 2.75) is 0 Å². The van der Waals surface area contributed by atoms with Crippen LogP contribution in [0.15, 0.2) is 23.9 Å². The summed E-state index contributed by atoms with van der Waals surface area (Å²) in [6.45, 7) is 3.49. The van der Waals surface area contributed by atoms with Gasteiger partial charge in [0.25, 0.3) is 0 Å². The largest absolute Gasteiger partial charge is 0.382 e. The first-order valence-corrected chi connectivity index (χ1v) is 2.71. The van der Waals surface area contributed by atoms with Crippen LogP contribution >= 0.6 is 11.6 Å². The molecule has 46 valence electrons. The molecule has 0 N–H and O–H groups in total. The van der Waals surface area contributed by atoms with Crippen LogP contribution in [0.5, 0.6) is 0 Å². The Labute approximate surface area is 55.2 Å². The molecular formula is C6H10ClN. The minimum atomic E-state index is 0.662. The first-order valence-electron chi connectivity index (χ1n) is 2.33. The summed E-state index contributed by atoms with van der Waals surface area (Å²) in [5.74, 6) is 0. The van der Waals surface area contributed by atoms with Gasteiger partial charge in [-0.1, -0.05) is 18.2 Å². The third-order valence-electron chi connectivity index (χ3n) is 0.577. The number of hydrogen-bond acceptors (Lipinski definition) is 1. The fourth-order valence-electron chi connectivity index (χ4n) is 0.299. The minimum absolute atomic E-state index is 0.662. The highest BCUT2D eigenvalue weighted by molar-refractivity contribution is 6.31. The van der Waals surface area contributed by atoms with Gasteiger partial charge in [-0.05, 0) is 6.08 Å². The summed E-state index contributed by atoms with van der Waals surface area (Å²) in [6, 6.07) is 0. The highest BCUT2D eigenvalue weighted by atomic mass is 35.5. The van der Waals surface area contributed by atoms with Crippen molar-refractivity contribution in [3.8, 4) is 0 Å². The lowest BCUT2D eigenvalue weighted by Crippen LogP contribution is -2.00. The molecule has 0 aromatic carbocycles. The lowest BCUT2D eigenvalue weighted by atomic mass is 10.6. The van der Waals surface area contributed by atoms with E-state index in [0.717, 1.165) is 0 Å². The van der Waals surface area contributed by atoms with Crippen LogP contribution in [-0.2, 0) is 0 Å². The zero-order valence-electron chi connectivity index (χ0n) is 5.19. The van der Waals surface area contributed by atoms with Crippen molar-refractivity contribution < 1.29 is 0 Å². The van der Waals surface area contributed by atoms with Gasteiger partial charge in [-0.25, -0.2) is 0 Å². The van der Waals surface area contributed by atoms with Crippen molar-refractivity contribution in [2.24, 2.45) is 0 Å². The van der Waals surface area contributed by atoms with E-state index >= 15 is 0 Å². The number of rotatable bonds is 2. The van der Waals surface area contributed by atoms with Gasteiger partial charge in [0, 0.05) is 20.3 Å². The first kappa shape index (κ1) is 7.57. The molecule has 0 aliphatic carbocycles. The molecule has 2 heteroatoms. The molecule has 0 unspecified atom stereocenters. The van der Waals surface area contributed by atoms with Gasteiger partial charge in [-0.15, -0.1) is 0 Å². The van der Waals surface area contributed by atoms with Crippen LogP contribution in [-0.4, -0.2) is 19.0 Å². The van der Waals surface area contributed by atoms with Gasteiger partial charge in [0.15, 0.2) is 0 Å². The Hall–Kier alpha value is -0.430. The van der Waals surface area contributed by atoms with Gasteiger partial charge in [-0.3, -0.25) is 0 Å². The Morgan fingerprint density at radius 2 is 2.12 bits per heavy atom. The molecule has 0 aliphatic rings. The number of nitrogens with zero attached hydrogens (tertiary/aromatic N) is 1. The second-order valence-electron chi connectivity index (χ2n) is 1.68. The van der Waals surface area contributed by atoms with Crippen molar-refractivity contribution in [1.82, 2.24) is 4.90 Å². The summed E-state index contributed by atoms with van der Waals surface area (Å²) in [6.07, 6.45) is 3.39. The normalized spacial score (nSPS) is 11.1. The number of allylic oxidation sites excluding steroid dienone is 2. The molecule has 0 saturated carbocycles. The van der Waals surface area contributed by atoms with Gasteiger partial charge in [0.1, 0.15) is 0 Å². The zero-order valence-corrected chi connectivity index (χ0v) is 5.94. The molecular weight excluding hydrogens is 122 g/mol. The predicted octanol–water partition coefficient (Wildman–Crippen LogP) is 1.81. The van der Waals surface area contributed by atoms with E-state index in [-0.39, 0.29) is 0 Å². The van der Waals surface area contributed by atoms with Crippen LogP contribution in [0.2, 0.25) is 0 Å². The Kier molecular flexibility index (Phi) is 3.37. The van der Waals surface area contributed by atoms with E-state index in [1.54, 1.807) is 12.3 Å². The smallest absolute Gasteiger partial charge is 0.0558 e. The number of hydrogen-bond donors (Lipinski definition) is 0. The van der Waals surface area contributed by atoms with Gasteiger partial charge < -0.3 is 4.90 Å². The molecule has 0 bridgehead atoms. The molecule has 0 amide bonds. The van der Waals surface area contributed by atoms with Crippen LogP contribution in [0, 0.1) is 0 Å². The van der Waals surface area contributed by atoms with E-state index in [0.29, 0.717) is 5.03 Å². The van der Waals surface area contributed by atoms with Crippen molar-refractivity contribution in [3.63, 3.8) is 0 Å². The third kappa shape index (κ3) is 3.75. The average Bonchev–Trinajstić information content (AvgIpc) is 1.65. The molecule has 0 atom stereocenters. The topological polar surface area (TPSA) is 3.24 Å². The lowest BCUT2D eigenvalue weighted by molar-refractivity contribution is 0.562. The highest BCUT2D eigenvalue weighted by Gasteiger charge is 1.81. The second kappa shape index (κ2) is 3.56. The van der Waals surface area contributed by atoms with Crippen LogP contribution in [0.25, 0.3) is 0 Å². The monoisotopic (exact) mass is 131 g/mol. The van der Waals surface area contributed by atoms with Crippen molar-refractivity contribution >= 4 is 11.6 Å². The molecule has 8 heavy (non-hydrogen) atoms. The van der Waals surface area contributed by atoms with Gasteiger partial charge >= 0.3 is 0 Å². The highest BCUT2D eigenvalue weighted by Crippen LogP contribution is 2.00. The van der Waals surface area contributed by atoms with Gasteiger partial charge in [0.2, 0.25) is 0 Å². The van der Waals surface area contributed by atoms with E-state index in [1.165, 1.54) is 0 Å². The van der Waals surface area contributed by atoms with Crippen LogP contribution in [0.3, 0.4) is 0 Å². The van der Waals surface area contributed by atoms with Crippen LogP contribution in [0.1, 0.15) is 0 Å². The molecule has 0 spiro atoms. The molecule has 0 rings (SSSR count). The molecule has 0 fully saturated rings. The Morgan fingerprint density at radius 3 is 2.25 bits per heavy atom. The maximum atomic E-state index is 5.56. The molecule has 0 saturated heterocycles. The first-order chi connectivity index (χ1) is 3.66. The average molecular weight is 132 g/mol. The van der Waals surface area contributed by atoms with E-state index in [1.807, 2.05) is 19.0 Å². The minimum Gasteiger partial charge on any atom is -0.382 e. The van der Waals surface area contributed by atoms with E-state index < -0.39 is 0 Å². The molecule has 0 aliphatic heterocycles. The summed E-state index contributed by atoms with van der Waals surface area (Å²) in [4.78, 5) is 1.87. The van der Waals surface area contributed by atoms with Crippen LogP contribution < -0.4 is 0 Å². The number of halogens is 1. The maximum absolute atomic E-state index is 5.56. The van der Waals surface area contributed by atoms with E-state index in [4.69, 9.17) is 11.6 Å². The molecule has 1 nitrogen and oxygen atoms in total. The van der Waals surface area contributed by atoms with Crippen molar-refractivity contribution in [2.75, 3.05) is 14.1 Å². The summed E-state index contributed by atoms with van der Waals surface area (Å²) < 4.78 is 0. The van der Waals surface area contributed by atoms with Crippen LogP contribution in [0.4, 0.5) is 0 Å². The van der Waals surface area contributed by atoms with Crippen molar-refractivity contribution in [3.05, 3.63) is 23.9 Å². The Bertz CT molecular complexity index is 105. The Morgan fingerprint density at radius 1 is 1.62 bits per heavy atom. The predicted molar refractivity (Wildman–Crippen MR) is 37.8 cm³/mol. The van der Waals surface area contributed by atoms with E-state index in [2.05, 4.69) is 6.58 Å². The van der Waals surface area contributed by atoms with E-state index in [9.17, 15) is 0 Å². The standard InChI is InChI=1S/C6H10ClN/c1-4-6(7)5-8(2)3/h4-5H,1H2,2-3H3/b6-5-.